The van der Waals surface area contributed by atoms with Gasteiger partial charge in [0.05, 0.1) is 0 Å². The third kappa shape index (κ3) is 5.11. The van der Waals surface area contributed by atoms with Gasteiger partial charge in [-0.15, -0.1) is 0 Å². The van der Waals surface area contributed by atoms with Crippen LogP contribution in [0, 0.1) is 5.92 Å². The minimum absolute atomic E-state index is 0.208. The van der Waals surface area contributed by atoms with Crippen molar-refractivity contribution in [3.63, 3.8) is 0 Å². The third-order valence-electron chi connectivity index (χ3n) is 1.93. The molecule has 0 aliphatic heterocycles. The van der Waals surface area contributed by atoms with Gasteiger partial charge in [-0.05, 0) is 26.7 Å². The molecule has 0 heterocycles. The first kappa shape index (κ1) is 11.4. The molecule has 0 radical (unpaired) electrons. The molecule has 0 bridgehead atoms. The number of allylic oxidation sites excluding steroid dienone is 2. The molecule has 0 aliphatic rings. The Morgan fingerprint density at radius 1 is 1.42 bits per heavy atom. The van der Waals surface area contributed by atoms with E-state index in [0.717, 1.165) is 19.3 Å². The molecule has 0 fully saturated rings. The molecular weight excluding hydrogens is 148 g/mol. The zero-order valence-corrected chi connectivity index (χ0v) is 8.68. The lowest BCUT2D eigenvalue weighted by Crippen LogP contribution is -2.09. The zero-order chi connectivity index (χ0) is 9.56. The predicted molar refractivity (Wildman–Crippen MR) is 53.1 cm³/mol. The van der Waals surface area contributed by atoms with Gasteiger partial charge in [-0.25, -0.2) is 0 Å². The van der Waals surface area contributed by atoms with Crippen LogP contribution in [0.5, 0.6) is 0 Å². The molecule has 12 heavy (non-hydrogen) atoms. The molecule has 0 N–H and O–H groups in total. The summed E-state index contributed by atoms with van der Waals surface area (Å²) in [6, 6.07) is 0. The maximum absolute atomic E-state index is 11.3. The molecule has 0 saturated heterocycles. The van der Waals surface area contributed by atoms with Crippen LogP contribution >= 0.6 is 0 Å². The quantitative estimate of drug-likeness (QED) is 0.575. The van der Waals surface area contributed by atoms with Crippen LogP contribution < -0.4 is 0 Å². The Balaban J connectivity index is 3.79. The molecule has 0 saturated carbocycles. The Labute approximate surface area is 75.9 Å². The van der Waals surface area contributed by atoms with Crippen molar-refractivity contribution in [3.8, 4) is 0 Å². The second-order valence-corrected chi connectivity index (χ2v) is 3.63. The van der Waals surface area contributed by atoms with Crippen LogP contribution in [0.15, 0.2) is 11.6 Å². The van der Waals surface area contributed by atoms with Gasteiger partial charge in [-0.1, -0.05) is 25.5 Å². The molecule has 0 aromatic heterocycles. The molecule has 70 valence electrons. The van der Waals surface area contributed by atoms with E-state index in [-0.39, 0.29) is 5.92 Å². The van der Waals surface area contributed by atoms with Gasteiger partial charge in [0, 0.05) is 12.3 Å². The summed E-state index contributed by atoms with van der Waals surface area (Å²) in [6.45, 7) is 8.19. The van der Waals surface area contributed by atoms with Crippen molar-refractivity contribution >= 4 is 5.78 Å². The second-order valence-electron chi connectivity index (χ2n) is 3.63. The first-order valence-corrected chi connectivity index (χ1v) is 4.74. The number of carbonyl (C=O) groups is 1. The molecule has 0 unspecified atom stereocenters. The van der Waals surface area contributed by atoms with E-state index in [0.29, 0.717) is 5.78 Å². The number of hydrogen-bond donors (Lipinski definition) is 0. The summed E-state index contributed by atoms with van der Waals surface area (Å²) in [5.74, 6) is 0.606. The predicted octanol–water partition coefficient (Wildman–Crippen LogP) is 3.35. The largest absolute Gasteiger partial charge is 0.299 e. The Kier molecular flexibility index (Phi) is 5.69. The van der Waals surface area contributed by atoms with E-state index in [1.807, 2.05) is 13.8 Å². The minimum Gasteiger partial charge on any atom is -0.299 e. The van der Waals surface area contributed by atoms with E-state index >= 15 is 0 Å². The van der Waals surface area contributed by atoms with Crippen LogP contribution in [0.4, 0.5) is 0 Å². The topological polar surface area (TPSA) is 17.1 Å². The van der Waals surface area contributed by atoms with Gasteiger partial charge in [0.25, 0.3) is 0 Å². The Morgan fingerprint density at radius 3 is 2.42 bits per heavy atom. The monoisotopic (exact) mass is 168 g/mol. The maximum atomic E-state index is 11.3. The molecule has 1 atom stereocenters. The van der Waals surface area contributed by atoms with Crippen molar-refractivity contribution in [2.75, 3.05) is 0 Å². The molecule has 1 nitrogen and oxygen atoms in total. The fourth-order valence-electron chi connectivity index (χ4n) is 1.04. The number of rotatable bonds is 5. The normalized spacial score (nSPS) is 12.3. The third-order valence-corrected chi connectivity index (χ3v) is 1.93. The second kappa shape index (κ2) is 5.99. The van der Waals surface area contributed by atoms with E-state index in [4.69, 9.17) is 0 Å². The minimum atomic E-state index is 0.208. The zero-order valence-electron chi connectivity index (χ0n) is 8.68. The number of Topliss-reactive ketones (excluding diaryl/α,β-unsaturated/α-hetero) is 1. The Bertz CT molecular complexity index is 164. The fourth-order valence-corrected chi connectivity index (χ4v) is 1.04. The summed E-state index contributed by atoms with van der Waals surface area (Å²) in [6.07, 6.45) is 4.75. The van der Waals surface area contributed by atoms with Crippen molar-refractivity contribution in [3.05, 3.63) is 11.6 Å². The van der Waals surface area contributed by atoms with Crippen LogP contribution in [0.25, 0.3) is 0 Å². The van der Waals surface area contributed by atoms with Gasteiger partial charge in [-0.3, -0.25) is 4.79 Å². The van der Waals surface area contributed by atoms with Crippen LogP contribution in [-0.4, -0.2) is 5.78 Å². The van der Waals surface area contributed by atoms with E-state index in [1.165, 1.54) is 5.57 Å². The first-order valence-electron chi connectivity index (χ1n) is 4.74. The van der Waals surface area contributed by atoms with E-state index in [2.05, 4.69) is 19.9 Å². The van der Waals surface area contributed by atoms with E-state index < -0.39 is 0 Å². The highest BCUT2D eigenvalue weighted by atomic mass is 16.1. The summed E-state index contributed by atoms with van der Waals surface area (Å²) < 4.78 is 0. The van der Waals surface area contributed by atoms with E-state index in [9.17, 15) is 4.79 Å². The molecule has 0 spiro atoms. The van der Waals surface area contributed by atoms with Gasteiger partial charge < -0.3 is 0 Å². The Morgan fingerprint density at radius 2 is 2.00 bits per heavy atom. The average Bonchev–Trinajstić information content (AvgIpc) is 2.00. The summed E-state index contributed by atoms with van der Waals surface area (Å²) in [5.41, 5.74) is 1.30. The van der Waals surface area contributed by atoms with Crippen LogP contribution in [-0.2, 0) is 4.79 Å². The summed E-state index contributed by atoms with van der Waals surface area (Å²) >= 11 is 0. The van der Waals surface area contributed by atoms with Crippen molar-refractivity contribution in [1.29, 1.82) is 0 Å². The molecule has 1 heteroatoms. The Hall–Kier alpha value is -0.590. The number of ketones is 1. The standard InChI is InChI=1S/C11H20O/c1-5-6-11(12)10(4)8-7-9(2)3/h7,10H,5-6,8H2,1-4H3/t10-/m0/s1. The molecule has 0 aromatic rings. The van der Waals surface area contributed by atoms with Gasteiger partial charge >= 0.3 is 0 Å². The van der Waals surface area contributed by atoms with Gasteiger partial charge in [-0.2, -0.15) is 0 Å². The lowest BCUT2D eigenvalue weighted by molar-refractivity contribution is -0.122. The molecule has 0 aliphatic carbocycles. The number of hydrogen-bond acceptors (Lipinski definition) is 1. The van der Waals surface area contributed by atoms with Gasteiger partial charge in [0.15, 0.2) is 0 Å². The smallest absolute Gasteiger partial charge is 0.135 e. The highest BCUT2D eigenvalue weighted by Gasteiger charge is 2.09. The summed E-state index contributed by atoms with van der Waals surface area (Å²) in [4.78, 5) is 11.3. The SMILES string of the molecule is CCCC(=O)[C@@H](C)CC=C(C)C. The molecular formula is C11H20O. The van der Waals surface area contributed by atoms with Crippen molar-refractivity contribution in [2.45, 2.75) is 47.0 Å². The fraction of sp³-hybridized carbons (Fsp3) is 0.727. The maximum Gasteiger partial charge on any atom is 0.135 e. The highest BCUT2D eigenvalue weighted by Crippen LogP contribution is 2.09. The van der Waals surface area contributed by atoms with E-state index in [1.54, 1.807) is 0 Å². The number of carbonyl (C=O) groups excluding carboxylic acids is 1. The summed E-state index contributed by atoms with van der Waals surface area (Å²) in [7, 11) is 0. The molecule has 0 aromatic carbocycles. The van der Waals surface area contributed by atoms with Gasteiger partial charge in [0.1, 0.15) is 5.78 Å². The molecule has 0 rings (SSSR count). The highest BCUT2D eigenvalue weighted by molar-refractivity contribution is 5.80. The van der Waals surface area contributed by atoms with Crippen molar-refractivity contribution in [1.82, 2.24) is 0 Å². The van der Waals surface area contributed by atoms with Crippen molar-refractivity contribution < 1.29 is 4.79 Å². The first-order chi connectivity index (χ1) is 5.57. The van der Waals surface area contributed by atoms with Crippen LogP contribution in [0.1, 0.15) is 47.0 Å². The van der Waals surface area contributed by atoms with Crippen LogP contribution in [0.3, 0.4) is 0 Å². The average molecular weight is 168 g/mol. The van der Waals surface area contributed by atoms with Crippen LogP contribution in [0.2, 0.25) is 0 Å². The summed E-state index contributed by atoms with van der Waals surface area (Å²) in [5, 5.41) is 0. The lowest BCUT2D eigenvalue weighted by Gasteiger charge is -2.06. The van der Waals surface area contributed by atoms with Gasteiger partial charge in [0.2, 0.25) is 0 Å². The molecule has 0 amide bonds. The van der Waals surface area contributed by atoms with Crippen molar-refractivity contribution in [2.24, 2.45) is 5.92 Å². The lowest BCUT2D eigenvalue weighted by atomic mass is 9.98.